The molecule has 0 saturated carbocycles. The van der Waals surface area contributed by atoms with E-state index in [9.17, 15) is 22.8 Å². The molecule has 9 nitrogen and oxygen atoms in total. The van der Waals surface area contributed by atoms with E-state index in [0.29, 0.717) is 29.7 Å². The Morgan fingerprint density at radius 1 is 1.14 bits per heavy atom. The summed E-state index contributed by atoms with van der Waals surface area (Å²) in [5.74, 6) is -0.323. The predicted molar refractivity (Wildman–Crippen MR) is 125 cm³/mol. The lowest BCUT2D eigenvalue weighted by Gasteiger charge is -2.21. The van der Waals surface area contributed by atoms with E-state index in [-0.39, 0.29) is 28.8 Å². The molecule has 0 aliphatic carbocycles. The third-order valence-electron chi connectivity index (χ3n) is 5.00. The number of ether oxygens (including phenoxy) is 1. The molecule has 0 unspecified atom stereocenters. The Kier molecular flexibility index (Phi) is 7.52. The number of methoxy groups -OCH3 is 1. The van der Waals surface area contributed by atoms with Gasteiger partial charge in [0, 0.05) is 45.5 Å². The van der Waals surface area contributed by atoms with Crippen molar-refractivity contribution < 1.29 is 27.5 Å². The van der Waals surface area contributed by atoms with E-state index in [0.717, 1.165) is 0 Å². The van der Waals surface area contributed by atoms with E-state index in [1.54, 1.807) is 32.3 Å². The first-order valence-corrected chi connectivity index (χ1v) is 10.4. The largest absolute Gasteiger partial charge is 0.495 e. The fourth-order valence-corrected chi connectivity index (χ4v) is 3.27. The molecule has 4 N–H and O–H groups in total. The normalized spacial score (nSPS) is 13.1. The van der Waals surface area contributed by atoms with Gasteiger partial charge in [0.2, 0.25) is 0 Å². The maximum Gasteiger partial charge on any atom is 0.419 e. The van der Waals surface area contributed by atoms with Crippen LogP contribution in [0.15, 0.2) is 54.0 Å². The molecule has 0 fully saturated rings. The number of amides is 2. The van der Waals surface area contributed by atoms with Gasteiger partial charge in [-0.2, -0.15) is 13.2 Å². The number of nitrogens with one attached hydrogen (secondary N) is 4. The van der Waals surface area contributed by atoms with Gasteiger partial charge in [-0.15, -0.1) is 0 Å². The van der Waals surface area contributed by atoms with E-state index >= 15 is 0 Å². The number of hydrogen-bond acceptors (Lipinski definition) is 7. The molecule has 35 heavy (non-hydrogen) atoms. The van der Waals surface area contributed by atoms with E-state index in [1.807, 2.05) is 0 Å². The number of benzene rings is 1. The Hall–Kier alpha value is -4.22. The van der Waals surface area contributed by atoms with Gasteiger partial charge in [0.15, 0.2) is 0 Å². The highest BCUT2D eigenvalue weighted by Crippen LogP contribution is 2.37. The molecule has 1 aromatic carbocycles. The average Bonchev–Trinajstić information content (AvgIpc) is 2.83. The molecule has 0 spiro atoms. The van der Waals surface area contributed by atoms with Crippen LogP contribution in [0.3, 0.4) is 0 Å². The summed E-state index contributed by atoms with van der Waals surface area (Å²) in [5.41, 5.74) is -0.265. The quantitative estimate of drug-likeness (QED) is 0.473. The first-order valence-electron chi connectivity index (χ1n) is 10.4. The molecule has 2 heterocycles. The fourth-order valence-electron chi connectivity index (χ4n) is 3.27. The summed E-state index contributed by atoms with van der Waals surface area (Å²) in [6, 6.07) is 5.84. The number of allylic oxidation sites excluding steroid dienone is 1. The third-order valence-corrected chi connectivity index (χ3v) is 5.00. The van der Waals surface area contributed by atoms with Crippen LogP contribution in [0.4, 0.5) is 30.4 Å². The Morgan fingerprint density at radius 2 is 1.89 bits per heavy atom. The highest BCUT2D eigenvalue weighted by Gasteiger charge is 2.35. The van der Waals surface area contributed by atoms with Crippen molar-refractivity contribution in [3.63, 3.8) is 0 Å². The Labute approximate surface area is 200 Å². The molecule has 0 saturated heterocycles. The Bertz CT molecular complexity index is 1190. The second kappa shape index (κ2) is 10.4. The number of aromatic nitrogens is 1. The predicted octanol–water partition coefficient (Wildman–Crippen LogP) is 3.08. The van der Waals surface area contributed by atoms with Gasteiger partial charge in [0.1, 0.15) is 17.3 Å². The van der Waals surface area contributed by atoms with Crippen molar-refractivity contribution in [3.8, 4) is 5.75 Å². The minimum atomic E-state index is -4.70. The summed E-state index contributed by atoms with van der Waals surface area (Å²) in [6.07, 6.45) is -0.803. The number of hydrogen-bond donors (Lipinski definition) is 4. The molecule has 1 aliphatic heterocycles. The molecular formula is C23H25F3N6O3. The van der Waals surface area contributed by atoms with Crippen LogP contribution >= 0.6 is 0 Å². The summed E-state index contributed by atoms with van der Waals surface area (Å²) >= 11 is 0. The van der Waals surface area contributed by atoms with Crippen molar-refractivity contribution in [1.29, 1.82) is 0 Å². The van der Waals surface area contributed by atoms with Crippen molar-refractivity contribution in [2.75, 3.05) is 45.4 Å². The van der Waals surface area contributed by atoms with Crippen molar-refractivity contribution in [2.24, 2.45) is 0 Å². The van der Waals surface area contributed by atoms with Crippen LogP contribution in [0.1, 0.15) is 15.9 Å². The molecule has 2 aromatic rings. The van der Waals surface area contributed by atoms with E-state index < -0.39 is 17.6 Å². The van der Waals surface area contributed by atoms with Crippen LogP contribution in [0.5, 0.6) is 5.75 Å². The summed E-state index contributed by atoms with van der Waals surface area (Å²) < 4.78 is 46.4. The van der Waals surface area contributed by atoms with Crippen LogP contribution in [0.2, 0.25) is 0 Å². The first-order chi connectivity index (χ1) is 16.5. The maximum absolute atomic E-state index is 13.7. The van der Waals surface area contributed by atoms with Crippen LogP contribution in [0.25, 0.3) is 0 Å². The van der Waals surface area contributed by atoms with Gasteiger partial charge in [0.05, 0.1) is 29.7 Å². The number of pyridine rings is 1. The van der Waals surface area contributed by atoms with Crippen molar-refractivity contribution in [3.05, 3.63) is 65.1 Å². The molecule has 2 amide bonds. The minimum Gasteiger partial charge on any atom is -0.495 e. The molecule has 12 heteroatoms. The fraction of sp³-hybridized carbons (Fsp3) is 0.261. The number of nitrogens with zero attached hydrogens (tertiary/aromatic N) is 2. The summed E-state index contributed by atoms with van der Waals surface area (Å²) in [4.78, 5) is 29.7. The molecule has 3 rings (SSSR count). The van der Waals surface area contributed by atoms with Gasteiger partial charge in [0.25, 0.3) is 11.8 Å². The number of alkyl halides is 3. The van der Waals surface area contributed by atoms with Gasteiger partial charge in [-0.25, -0.2) is 4.98 Å². The molecule has 1 aromatic heterocycles. The molecule has 0 atom stereocenters. The van der Waals surface area contributed by atoms with Crippen molar-refractivity contribution >= 4 is 29.0 Å². The van der Waals surface area contributed by atoms with Crippen molar-refractivity contribution in [2.45, 2.75) is 6.18 Å². The zero-order chi connectivity index (χ0) is 25.8. The number of carbonyl (C=O) groups excluding carboxylic acids is 2. The number of dihydropyridines is 1. The van der Waals surface area contributed by atoms with Gasteiger partial charge in [-0.05, 0) is 24.3 Å². The van der Waals surface area contributed by atoms with Crippen molar-refractivity contribution in [1.82, 2.24) is 20.5 Å². The number of anilines is 3. The van der Waals surface area contributed by atoms with Crippen LogP contribution in [0, 0.1) is 0 Å². The van der Waals surface area contributed by atoms with Gasteiger partial charge < -0.3 is 30.9 Å². The molecule has 0 bridgehead atoms. The molecule has 186 valence electrons. The third kappa shape index (κ3) is 5.83. The molecular weight excluding hydrogens is 465 g/mol. The summed E-state index contributed by atoms with van der Waals surface area (Å²) in [5, 5.41) is 10.9. The zero-order valence-electron chi connectivity index (χ0n) is 19.5. The minimum absolute atomic E-state index is 0.0836. The first kappa shape index (κ1) is 25.4. The summed E-state index contributed by atoms with van der Waals surface area (Å²) in [6.45, 7) is 0.356. The average molecular weight is 490 g/mol. The highest BCUT2D eigenvalue weighted by atomic mass is 19.4. The second-order valence-electron chi connectivity index (χ2n) is 7.63. The topological polar surface area (TPSA) is 108 Å². The number of rotatable bonds is 7. The van der Waals surface area contributed by atoms with E-state index in [1.165, 1.54) is 37.3 Å². The lowest BCUT2D eigenvalue weighted by atomic mass is 10.1. The smallest absolute Gasteiger partial charge is 0.419 e. The summed E-state index contributed by atoms with van der Waals surface area (Å²) in [7, 11) is 6.06. The lowest BCUT2D eigenvalue weighted by Crippen LogP contribution is -2.33. The van der Waals surface area contributed by atoms with Crippen LogP contribution < -0.4 is 26.0 Å². The van der Waals surface area contributed by atoms with Gasteiger partial charge >= 0.3 is 6.18 Å². The van der Waals surface area contributed by atoms with Gasteiger partial charge in [-0.3, -0.25) is 9.59 Å². The number of likely N-dealkylation sites (N-methyl/N-ethyl adjacent to an activating group) is 1. The SMILES string of the molecule is CNC(=O)C1=C(Nc2cc(Nc3ccc(C(=O)N(C)C)cc3OC)ncc2C(F)(F)F)C=CCN1. The van der Waals surface area contributed by atoms with Gasteiger partial charge in [-0.1, -0.05) is 6.08 Å². The number of carbonyl (C=O) groups is 2. The standard InChI is InChI=1S/C23H25F3N6O3/c1-27-21(33)20-16(6-5-9-28-20)30-17-11-19(29-12-14(17)23(24,25)26)31-15-8-7-13(10-18(15)35-4)22(34)32(2)3/h5-8,10-12,28H,9H2,1-4H3,(H,27,33)(H2,29,30,31). The lowest BCUT2D eigenvalue weighted by molar-refractivity contribution is -0.137. The van der Waals surface area contributed by atoms with Crippen LogP contribution in [-0.4, -0.2) is 56.5 Å². The highest BCUT2D eigenvalue weighted by molar-refractivity contribution is 5.95. The van der Waals surface area contributed by atoms with E-state index in [2.05, 4.69) is 26.3 Å². The Morgan fingerprint density at radius 3 is 2.51 bits per heavy atom. The zero-order valence-corrected chi connectivity index (χ0v) is 19.5. The maximum atomic E-state index is 13.7. The second-order valence-corrected chi connectivity index (χ2v) is 7.63. The number of halogens is 3. The van der Waals surface area contributed by atoms with Crippen LogP contribution in [-0.2, 0) is 11.0 Å². The molecule has 0 radical (unpaired) electrons. The van der Waals surface area contributed by atoms with E-state index in [4.69, 9.17) is 4.74 Å². The molecule has 1 aliphatic rings. The monoisotopic (exact) mass is 490 g/mol. The Balaban J connectivity index is 1.99.